The van der Waals surface area contributed by atoms with Crippen molar-refractivity contribution in [3.05, 3.63) is 29.6 Å². The molecule has 0 bridgehead atoms. The molecule has 1 aliphatic heterocycles. The van der Waals surface area contributed by atoms with Gasteiger partial charge in [-0.3, -0.25) is 14.7 Å². The Labute approximate surface area is 129 Å². The van der Waals surface area contributed by atoms with Gasteiger partial charge in [0.2, 0.25) is 0 Å². The van der Waals surface area contributed by atoms with Crippen LogP contribution in [0.15, 0.2) is 12.3 Å². The van der Waals surface area contributed by atoms with Gasteiger partial charge < -0.3 is 4.74 Å². The van der Waals surface area contributed by atoms with E-state index in [4.69, 9.17) is 4.74 Å². The summed E-state index contributed by atoms with van der Waals surface area (Å²) >= 11 is 0. The van der Waals surface area contributed by atoms with Gasteiger partial charge >= 0.3 is 0 Å². The van der Waals surface area contributed by atoms with Gasteiger partial charge in [-0.2, -0.15) is 10.2 Å². The van der Waals surface area contributed by atoms with Crippen molar-refractivity contribution >= 4 is 0 Å². The number of aryl methyl sites for hydroxylation is 1. The number of nitrogens with zero attached hydrogens (tertiary/aromatic N) is 5. The maximum atomic E-state index is 5.83. The van der Waals surface area contributed by atoms with E-state index in [0.717, 1.165) is 37.9 Å². The second-order valence-corrected chi connectivity index (χ2v) is 6.23. The van der Waals surface area contributed by atoms with E-state index in [0.29, 0.717) is 6.04 Å². The molecule has 7 nitrogen and oxygen atoms in total. The Morgan fingerprint density at radius 2 is 2.32 bits per heavy atom. The van der Waals surface area contributed by atoms with Crippen LogP contribution in [-0.4, -0.2) is 49.6 Å². The second-order valence-electron chi connectivity index (χ2n) is 6.23. The fraction of sp³-hybridized carbons (Fsp3) is 0.667. The fourth-order valence-corrected chi connectivity index (χ4v) is 3.16. The maximum absolute atomic E-state index is 5.83. The van der Waals surface area contributed by atoms with Crippen LogP contribution in [0.5, 0.6) is 0 Å². The van der Waals surface area contributed by atoms with Crippen LogP contribution < -0.4 is 0 Å². The van der Waals surface area contributed by atoms with E-state index in [2.05, 4.69) is 35.9 Å². The van der Waals surface area contributed by atoms with Crippen molar-refractivity contribution in [2.75, 3.05) is 19.7 Å². The van der Waals surface area contributed by atoms with Crippen LogP contribution in [0, 0.1) is 6.92 Å². The van der Waals surface area contributed by atoms with E-state index in [-0.39, 0.29) is 6.10 Å². The number of nitrogens with one attached hydrogen (secondary N) is 1. The number of aromatic amines is 1. The van der Waals surface area contributed by atoms with Gasteiger partial charge in [-0.05, 0) is 32.3 Å². The molecule has 2 aromatic rings. The van der Waals surface area contributed by atoms with Gasteiger partial charge in [0.05, 0.1) is 18.3 Å². The van der Waals surface area contributed by atoms with Crippen LogP contribution in [0.3, 0.4) is 0 Å². The third-order valence-electron chi connectivity index (χ3n) is 4.61. The van der Waals surface area contributed by atoms with Crippen LogP contribution in [0.25, 0.3) is 0 Å². The largest absolute Gasteiger partial charge is 0.367 e. The summed E-state index contributed by atoms with van der Waals surface area (Å²) in [6, 6.07) is 2.75. The van der Waals surface area contributed by atoms with Crippen LogP contribution in [0.2, 0.25) is 0 Å². The van der Waals surface area contributed by atoms with Gasteiger partial charge in [-0.25, -0.2) is 4.98 Å². The Bertz CT molecular complexity index is 632. The maximum Gasteiger partial charge on any atom is 0.180 e. The van der Waals surface area contributed by atoms with Gasteiger partial charge in [0, 0.05) is 25.8 Å². The first-order valence-corrected chi connectivity index (χ1v) is 8.05. The molecule has 1 atom stereocenters. The van der Waals surface area contributed by atoms with Crippen LogP contribution in [0.1, 0.15) is 48.8 Å². The first-order valence-electron chi connectivity index (χ1n) is 8.05. The van der Waals surface area contributed by atoms with Crippen LogP contribution in [-0.2, 0) is 11.3 Å². The van der Waals surface area contributed by atoms with Gasteiger partial charge in [-0.15, -0.1) is 0 Å². The SMILES string of the molecule is Cc1nc(C2CN(Cc3ccnn3C3CCC3)CCO2)n[nH]1. The van der Waals surface area contributed by atoms with Crippen LogP contribution in [0.4, 0.5) is 0 Å². The highest BCUT2D eigenvalue weighted by Crippen LogP contribution is 2.32. The summed E-state index contributed by atoms with van der Waals surface area (Å²) in [5, 5.41) is 11.6. The highest BCUT2D eigenvalue weighted by molar-refractivity contribution is 5.04. The van der Waals surface area contributed by atoms with Gasteiger partial charge in [0.25, 0.3) is 0 Å². The Morgan fingerprint density at radius 3 is 3.05 bits per heavy atom. The molecule has 0 amide bonds. The number of hydrogen-bond acceptors (Lipinski definition) is 5. The zero-order valence-electron chi connectivity index (χ0n) is 12.9. The molecule has 1 saturated heterocycles. The lowest BCUT2D eigenvalue weighted by atomic mass is 9.93. The zero-order valence-corrected chi connectivity index (χ0v) is 12.9. The van der Waals surface area contributed by atoms with Gasteiger partial charge in [-0.1, -0.05) is 0 Å². The Kier molecular flexibility index (Phi) is 3.67. The first-order chi connectivity index (χ1) is 10.8. The molecule has 1 unspecified atom stereocenters. The van der Waals surface area contributed by atoms with Gasteiger partial charge in [0.1, 0.15) is 11.9 Å². The highest BCUT2D eigenvalue weighted by atomic mass is 16.5. The number of ether oxygens (including phenoxy) is 1. The van der Waals surface area contributed by atoms with Crippen molar-refractivity contribution in [3.63, 3.8) is 0 Å². The zero-order chi connectivity index (χ0) is 14.9. The summed E-state index contributed by atoms with van der Waals surface area (Å²) in [5.74, 6) is 1.59. The van der Waals surface area contributed by atoms with Crippen LogP contribution >= 0.6 is 0 Å². The minimum absolute atomic E-state index is 0.0428. The normalized spacial score (nSPS) is 23.6. The smallest absolute Gasteiger partial charge is 0.180 e. The third kappa shape index (κ3) is 2.66. The molecule has 118 valence electrons. The van der Waals surface area contributed by atoms with Crippen molar-refractivity contribution in [1.82, 2.24) is 29.9 Å². The molecule has 1 N–H and O–H groups in total. The van der Waals surface area contributed by atoms with Gasteiger partial charge in [0.15, 0.2) is 5.82 Å². The molecule has 2 fully saturated rings. The Morgan fingerprint density at radius 1 is 1.41 bits per heavy atom. The molecule has 1 saturated carbocycles. The third-order valence-corrected chi connectivity index (χ3v) is 4.61. The lowest BCUT2D eigenvalue weighted by Gasteiger charge is -2.33. The highest BCUT2D eigenvalue weighted by Gasteiger charge is 2.27. The molecule has 7 heteroatoms. The van der Waals surface area contributed by atoms with Crippen molar-refractivity contribution in [2.45, 2.75) is 44.9 Å². The predicted octanol–water partition coefficient (Wildman–Crippen LogP) is 1.61. The summed E-state index contributed by atoms with van der Waals surface area (Å²) in [6.07, 6.45) is 5.73. The summed E-state index contributed by atoms with van der Waals surface area (Å²) < 4.78 is 8.04. The van der Waals surface area contributed by atoms with Crippen molar-refractivity contribution in [3.8, 4) is 0 Å². The topological polar surface area (TPSA) is 71.9 Å². The van der Waals surface area contributed by atoms with Crippen molar-refractivity contribution in [2.24, 2.45) is 0 Å². The Hall–Kier alpha value is -1.73. The van der Waals surface area contributed by atoms with E-state index >= 15 is 0 Å². The number of hydrogen-bond donors (Lipinski definition) is 1. The molecule has 0 spiro atoms. The summed E-state index contributed by atoms with van der Waals surface area (Å²) in [4.78, 5) is 6.81. The number of morpholine rings is 1. The summed E-state index contributed by atoms with van der Waals surface area (Å²) in [6.45, 7) is 5.31. The first kappa shape index (κ1) is 13.9. The lowest BCUT2D eigenvalue weighted by Crippen LogP contribution is -2.39. The molecule has 22 heavy (non-hydrogen) atoms. The quantitative estimate of drug-likeness (QED) is 0.929. The summed E-state index contributed by atoms with van der Waals surface area (Å²) in [7, 11) is 0. The molecule has 4 rings (SSSR count). The molecule has 3 heterocycles. The molecule has 1 aliphatic carbocycles. The number of H-pyrrole nitrogens is 1. The standard InChI is InChI=1S/C15H22N6O/c1-11-17-15(19-18-11)14-10-20(7-8-22-14)9-13-5-6-16-21(13)12-3-2-4-12/h5-6,12,14H,2-4,7-10H2,1H3,(H,17,18,19). The van der Waals surface area contributed by atoms with Crippen molar-refractivity contribution < 1.29 is 4.74 Å². The summed E-state index contributed by atoms with van der Waals surface area (Å²) in [5.41, 5.74) is 1.30. The molecule has 2 aliphatic rings. The number of rotatable bonds is 4. The molecular weight excluding hydrogens is 280 g/mol. The monoisotopic (exact) mass is 302 g/mol. The fourth-order valence-electron chi connectivity index (χ4n) is 3.16. The second kappa shape index (κ2) is 5.81. The average molecular weight is 302 g/mol. The predicted molar refractivity (Wildman–Crippen MR) is 80.2 cm³/mol. The molecular formula is C15H22N6O. The molecule has 2 aromatic heterocycles. The minimum Gasteiger partial charge on any atom is -0.367 e. The average Bonchev–Trinajstić information content (AvgIpc) is 3.08. The lowest BCUT2D eigenvalue weighted by molar-refractivity contribution is -0.0380. The van der Waals surface area contributed by atoms with E-state index < -0.39 is 0 Å². The molecule has 0 aromatic carbocycles. The van der Waals surface area contributed by atoms with E-state index in [9.17, 15) is 0 Å². The van der Waals surface area contributed by atoms with E-state index in [1.807, 2.05) is 13.1 Å². The minimum atomic E-state index is -0.0428. The Balaban J connectivity index is 1.43. The molecule has 0 radical (unpaired) electrons. The number of aromatic nitrogens is 5. The van der Waals surface area contributed by atoms with Crippen molar-refractivity contribution in [1.29, 1.82) is 0 Å². The van der Waals surface area contributed by atoms with E-state index in [1.54, 1.807) is 0 Å². The van der Waals surface area contributed by atoms with E-state index in [1.165, 1.54) is 25.0 Å².